The molecule has 5 nitrogen and oxygen atoms in total. The quantitative estimate of drug-likeness (QED) is 0.830. The van der Waals surface area contributed by atoms with Gasteiger partial charge in [0.1, 0.15) is 0 Å². The van der Waals surface area contributed by atoms with Gasteiger partial charge in [-0.05, 0) is 24.1 Å². The molecule has 0 spiro atoms. The number of methoxy groups -OCH3 is 1. The van der Waals surface area contributed by atoms with Crippen molar-refractivity contribution in [3.05, 3.63) is 29.8 Å². The monoisotopic (exact) mass is 271 g/mol. The number of ether oxygens (including phenoxy) is 1. The van der Waals surface area contributed by atoms with Crippen molar-refractivity contribution in [2.45, 2.75) is 13.8 Å². The highest BCUT2D eigenvalue weighted by atomic mass is 32.2. The second kappa shape index (κ2) is 5.86. The van der Waals surface area contributed by atoms with Crippen molar-refractivity contribution in [1.29, 1.82) is 0 Å². The van der Waals surface area contributed by atoms with Crippen LogP contribution in [0.5, 0.6) is 0 Å². The summed E-state index contributed by atoms with van der Waals surface area (Å²) in [6.45, 7) is 3.65. The van der Waals surface area contributed by atoms with Crippen LogP contribution in [-0.2, 0) is 14.8 Å². The third-order valence-electron chi connectivity index (χ3n) is 2.11. The normalized spacial score (nSPS) is 11.3. The van der Waals surface area contributed by atoms with Gasteiger partial charge >= 0.3 is 5.97 Å². The average Bonchev–Trinajstić information content (AvgIpc) is 2.25. The first-order chi connectivity index (χ1) is 8.34. The number of sulfonamides is 1. The van der Waals surface area contributed by atoms with Crippen LogP contribution in [0.3, 0.4) is 0 Å². The Hall–Kier alpha value is -1.56. The van der Waals surface area contributed by atoms with Crippen LogP contribution in [0.1, 0.15) is 24.2 Å². The van der Waals surface area contributed by atoms with E-state index < -0.39 is 16.0 Å². The van der Waals surface area contributed by atoms with Gasteiger partial charge in [-0.3, -0.25) is 4.72 Å². The van der Waals surface area contributed by atoms with Gasteiger partial charge in [0.25, 0.3) is 0 Å². The fraction of sp³-hybridized carbons (Fsp3) is 0.417. The van der Waals surface area contributed by atoms with E-state index in [-0.39, 0.29) is 11.7 Å². The number of benzene rings is 1. The number of carbonyl (C=O) groups is 1. The number of carbonyl (C=O) groups excluding carboxylic acids is 1. The minimum Gasteiger partial charge on any atom is -0.465 e. The SMILES string of the molecule is COC(=O)c1cccc(NS(=O)(=O)CC(C)C)c1. The molecule has 0 atom stereocenters. The maximum Gasteiger partial charge on any atom is 0.337 e. The van der Waals surface area contributed by atoms with Crippen LogP contribution in [0.2, 0.25) is 0 Å². The first-order valence-electron chi connectivity index (χ1n) is 5.53. The largest absolute Gasteiger partial charge is 0.465 e. The van der Waals surface area contributed by atoms with Crippen LogP contribution in [0.4, 0.5) is 5.69 Å². The maximum absolute atomic E-state index is 11.7. The molecule has 0 saturated heterocycles. The Morgan fingerprint density at radius 3 is 2.61 bits per heavy atom. The molecular formula is C12H17NO4S. The third kappa shape index (κ3) is 4.37. The van der Waals surface area contributed by atoms with E-state index in [1.54, 1.807) is 18.2 Å². The highest BCUT2D eigenvalue weighted by Crippen LogP contribution is 2.14. The smallest absolute Gasteiger partial charge is 0.337 e. The fourth-order valence-electron chi connectivity index (χ4n) is 1.49. The van der Waals surface area contributed by atoms with E-state index >= 15 is 0 Å². The van der Waals surface area contributed by atoms with Crippen LogP contribution in [0.15, 0.2) is 24.3 Å². The lowest BCUT2D eigenvalue weighted by molar-refractivity contribution is 0.0601. The molecule has 0 bridgehead atoms. The molecule has 0 fully saturated rings. The van der Waals surface area contributed by atoms with Crippen LogP contribution < -0.4 is 4.72 Å². The Morgan fingerprint density at radius 2 is 2.06 bits per heavy atom. The van der Waals surface area contributed by atoms with Crippen molar-refractivity contribution >= 4 is 21.7 Å². The van der Waals surface area contributed by atoms with Crippen molar-refractivity contribution in [2.24, 2.45) is 5.92 Å². The molecule has 18 heavy (non-hydrogen) atoms. The summed E-state index contributed by atoms with van der Waals surface area (Å²) in [7, 11) is -2.11. The van der Waals surface area contributed by atoms with E-state index in [0.29, 0.717) is 11.3 Å². The van der Waals surface area contributed by atoms with Gasteiger partial charge in [0.15, 0.2) is 0 Å². The lowest BCUT2D eigenvalue weighted by Gasteiger charge is -2.10. The van der Waals surface area contributed by atoms with E-state index in [1.165, 1.54) is 13.2 Å². The summed E-state index contributed by atoms with van der Waals surface area (Å²) in [4.78, 5) is 11.3. The van der Waals surface area contributed by atoms with E-state index in [1.807, 2.05) is 13.8 Å². The van der Waals surface area contributed by atoms with Crippen molar-refractivity contribution in [2.75, 3.05) is 17.6 Å². The molecule has 0 aliphatic carbocycles. The summed E-state index contributed by atoms with van der Waals surface area (Å²) in [6, 6.07) is 6.19. The van der Waals surface area contributed by atoms with Crippen molar-refractivity contribution in [1.82, 2.24) is 0 Å². The zero-order valence-electron chi connectivity index (χ0n) is 10.6. The van der Waals surface area contributed by atoms with E-state index in [4.69, 9.17) is 0 Å². The van der Waals surface area contributed by atoms with Gasteiger partial charge in [-0.1, -0.05) is 19.9 Å². The van der Waals surface area contributed by atoms with Crippen molar-refractivity contribution < 1.29 is 17.9 Å². The lowest BCUT2D eigenvalue weighted by Crippen LogP contribution is -2.20. The molecule has 1 aromatic carbocycles. The van der Waals surface area contributed by atoms with Crippen molar-refractivity contribution in [3.63, 3.8) is 0 Å². The summed E-state index contributed by atoms with van der Waals surface area (Å²) in [5.74, 6) is -0.429. The lowest BCUT2D eigenvalue weighted by atomic mass is 10.2. The summed E-state index contributed by atoms with van der Waals surface area (Å²) in [5.41, 5.74) is 0.667. The Bertz CT molecular complexity index is 523. The van der Waals surface area contributed by atoms with Crippen molar-refractivity contribution in [3.8, 4) is 0 Å². The van der Waals surface area contributed by atoms with Crippen LogP contribution >= 0.6 is 0 Å². The standard InChI is InChI=1S/C12H17NO4S/c1-9(2)8-18(15,16)13-11-6-4-5-10(7-11)12(14)17-3/h4-7,9,13H,8H2,1-3H3. The predicted octanol–water partition coefficient (Wildman–Crippen LogP) is 1.87. The number of esters is 1. The Labute approximate surface area is 107 Å². The van der Waals surface area contributed by atoms with Crippen LogP contribution in [0, 0.1) is 5.92 Å². The molecule has 1 aromatic rings. The van der Waals surface area contributed by atoms with Gasteiger partial charge in [-0.15, -0.1) is 0 Å². The van der Waals surface area contributed by atoms with Gasteiger partial charge < -0.3 is 4.74 Å². The summed E-state index contributed by atoms with van der Waals surface area (Å²) in [6.07, 6.45) is 0. The average molecular weight is 271 g/mol. The number of hydrogen-bond acceptors (Lipinski definition) is 4. The van der Waals surface area contributed by atoms with E-state index in [9.17, 15) is 13.2 Å². The Kier molecular flexibility index (Phi) is 4.72. The van der Waals surface area contributed by atoms with Gasteiger partial charge in [-0.2, -0.15) is 0 Å². The molecule has 1 N–H and O–H groups in total. The zero-order chi connectivity index (χ0) is 13.8. The van der Waals surface area contributed by atoms with E-state index in [0.717, 1.165) is 0 Å². The van der Waals surface area contributed by atoms with Gasteiger partial charge in [0, 0.05) is 5.69 Å². The molecule has 1 rings (SSSR count). The molecule has 0 heterocycles. The molecular weight excluding hydrogens is 254 g/mol. The molecule has 100 valence electrons. The Morgan fingerprint density at radius 1 is 1.39 bits per heavy atom. The highest BCUT2D eigenvalue weighted by Gasteiger charge is 2.14. The van der Waals surface area contributed by atoms with Gasteiger partial charge in [0.2, 0.25) is 10.0 Å². The number of nitrogens with one attached hydrogen (secondary N) is 1. The summed E-state index contributed by atoms with van der Waals surface area (Å²) < 4.78 is 30.5. The maximum atomic E-state index is 11.7. The second-order valence-corrected chi connectivity index (χ2v) is 6.12. The molecule has 0 aliphatic rings. The molecule has 0 aromatic heterocycles. The number of anilines is 1. The fourth-order valence-corrected chi connectivity index (χ4v) is 2.93. The molecule has 0 amide bonds. The first-order valence-corrected chi connectivity index (χ1v) is 7.18. The Balaban J connectivity index is 2.89. The van der Waals surface area contributed by atoms with Gasteiger partial charge in [-0.25, -0.2) is 13.2 Å². The van der Waals surface area contributed by atoms with E-state index in [2.05, 4.69) is 9.46 Å². The minimum atomic E-state index is -3.39. The molecule has 0 saturated carbocycles. The van der Waals surface area contributed by atoms with Crippen LogP contribution in [-0.4, -0.2) is 27.2 Å². The number of rotatable bonds is 5. The number of hydrogen-bond donors (Lipinski definition) is 1. The molecule has 6 heteroatoms. The van der Waals surface area contributed by atoms with Gasteiger partial charge in [0.05, 0.1) is 18.4 Å². The summed E-state index contributed by atoms with van der Waals surface area (Å²) in [5, 5.41) is 0. The molecule has 0 aliphatic heterocycles. The predicted molar refractivity (Wildman–Crippen MR) is 70.0 cm³/mol. The second-order valence-electron chi connectivity index (χ2n) is 4.35. The zero-order valence-corrected chi connectivity index (χ0v) is 11.5. The first kappa shape index (κ1) is 14.5. The molecule has 0 radical (unpaired) electrons. The minimum absolute atomic E-state index is 0.0336. The van der Waals surface area contributed by atoms with Crippen LogP contribution in [0.25, 0.3) is 0 Å². The molecule has 0 unspecified atom stereocenters. The third-order valence-corrected chi connectivity index (χ3v) is 3.76. The highest BCUT2D eigenvalue weighted by molar-refractivity contribution is 7.92. The topological polar surface area (TPSA) is 72.5 Å². The summed E-state index contributed by atoms with van der Waals surface area (Å²) >= 11 is 0.